The van der Waals surface area contributed by atoms with Crippen molar-refractivity contribution in [3.63, 3.8) is 0 Å². The Hall–Kier alpha value is -0.930. The first-order chi connectivity index (χ1) is 6.65. The summed E-state index contributed by atoms with van der Waals surface area (Å²) in [6.07, 6.45) is 0. The summed E-state index contributed by atoms with van der Waals surface area (Å²) in [6, 6.07) is 4.94. The molecule has 1 aromatic carbocycles. The highest BCUT2D eigenvalue weighted by Gasteiger charge is 2.08. The Morgan fingerprint density at radius 2 is 1.93 bits per heavy atom. The van der Waals surface area contributed by atoms with Gasteiger partial charge in [-0.15, -0.1) is 0 Å². The van der Waals surface area contributed by atoms with Gasteiger partial charge in [0.25, 0.3) is 0 Å². The van der Waals surface area contributed by atoms with Crippen LogP contribution in [0.2, 0.25) is 10.0 Å². The Labute approximate surface area is 91.5 Å². The van der Waals surface area contributed by atoms with E-state index < -0.39 is 5.97 Å². The minimum atomic E-state index is -0.485. The molecule has 0 unspecified atom stereocenters. The maximum atomic E-state index is 10.8. The second-order valence-electron chi connectivity index (χ2n) is 2.42. The fourth-order valence-corrected chi connectivity index (χ4v) is 1.32. The molecule has 0 atom stereocenters. The van der Waals surface area contributed by atoms with Crippen LogP contribution in [0.15, 0.2) is 18.2 Å². The van der Waals surface area contributed by atoms with Crippen LogP contribution in [0.3, 0.4) is 0 Å². The predicted octanol–water partition coefficient (Wildman–Crippen LogP) is 2.55. The zero-order valence-electron chi connectivity index (χ0n) is 7.42. The van der Waals surface area contributed by atoms with Gasteiger partial charge >= 0.3 is 5.97 Å². The van der Waals surface area contributed by atoms with Gasteiger partial charge in [-0.05, 0) is 12.1 Å². The van der Waals surface area contributed by atoms with Crippen molar-refractivity contribution in [3.05, 3.63) is 28.2 Å². The van der Waals surface area contributed by atoms with Crippen molar-refractivity contribution in [3.8, 4) is 5.75 Å². The van der Waals surface area contributed by atoms with Gasteiger partial charge in [-0.25, -0.2) is 4.79 Å². The van der Waals surface area contributed by atoms with E-state index in [-0.39, 0.29) is 6.61 Å². The molecule has 3 nitrogen and oxygen atoms in total. The average molecular weight is 235 g/mol. The molecule has 5 heteroatoms. The lowest BCUT2D eigenvalue weighted by molar-refractivity contribution is -0.142. The van der Waals surface area contributed by atoms with Crippen LogP contribution in [0.4, 0.5) is 0 Å². The molecule has 1 rings (SSSR count). The molecule has 0 heterocycles. The van der Waals surface area contributed by atoms with Crippen molar-refractivity contribution in [2.24, 2.45) is 0 Å². The molecule has 0 aliphatic heterocycles. The van der Waals surface area contributed by atoms with Crippen LogP contribution in [-0.2, 0) is 9.53 Å². The number of ether oxygens (including phenoxy) is 2. The lowest BCUT2D eigenvalue weighted by atomic mass is 10.3. The zero-order chi connectivity index (χ0) is 10.6. The third kappa shape index (κ3) is 2.79. The van der Waals surface area contributed by atoms with Crippen LogP contribution < -0.4 is 4.74 Å². The monoisotopic (exact) mass is 234 g/mol. The number of carbonyl (C=O) groups excluding carboxylic acids is 1. The van der Waals surface area contributed by atoms with E-state index in [2.05, 4.69) is 4.74 Å². The molecule has 0 bridgehead atoms. The van der Waals surface area contributed by atoms with Crippen LogP contribution in [0.25, 0.3) is 0 Å². The second-order valence-corrected chi connectivity index (χ2v) is 3.23. The summed E-state index contributed by atoms with van der Waals surface area (Å²) in [5.74, 6) is -0.192. The molecule has 0 aliphatic carbocycles. The summed E-state index contributed by atoms with van der Waals surface area (Å²) in [4.78, 5) is 10.8. The summed E-state index contributed by atoms with van der Waals surface area (Å²) >= 11 is 11.6. The zero-order valence-corrected chi connectivity index (χ0v) is 8.93. The van der Waals surface area contributed by atoms with Crippen LogP contribution in [0.5, 0.6) is 5.75 Å². The molecule has 0 fully saturated rings. The Morgan fingerprint density at radius 1 is 1.36 bits per heavy atom. The number of hydrogen-bond donors (Lipinski definition) is 0. The van der Waals surface area contributed by atoms with Crippen LogP contribution in [0.1, 0.15) is 0 Å². The number of halogens is 2. The van der Waals surface area contributed by atoms with E-state index >= 15 is 0 Å². The molecule has 0 aromatic heterocycles. The number of carbonyl (C=O) groups is 1. The van der Waals surface area contributed by atoms with Gasteiger partial charge in [0.2, 0.25) is 0 Å². The Morgan fingerprint density at radius 3 is 2.43 bits per heavy atom. The molecule has 0 N–H and O–H groups in total. The number of para-hydroxylation sites is 1. The average Bonchev–Trinajstić information content (AvgIpc) is 2.16. The molecule has 0 aliphatic rings. The van der Waals surface area contributed by atoms with Crippen molar-refractivity contribution in [1.82, 2.24) is 0 Å². The molecule has 76 valence electrons. The van der Waals surface area contributed by atoms with Gasteiger partial charge in [0.15, 0.2) is 12.4 Å². The maximum Gasteiger partial charge on any atom is 0.343 e. The third-order valence-electron chi connectivity index (χ3n) is 1.48. The second kappa shape index (κ2) is 5.08. The quantitative estimate of drug-likeness (QED) is 0.755. The number of rotatable bonds is 3. The topological polar surface area (TPSA) is 35.5 Å². The molecule has 0 spiro atoms. The van der Waals surface area contributed by atoms with E-state index in [4.69, 9.17) is 27.9 Å². The van der Waals surface area contributed by atoms with E-state index in [1.54, 1.807) is 18.2 Å². The fraction of sp³-hybridized carbons (Fsp3) is 0.222. The van der Waals surface area contributed by atoms with Gasteiger partial charge < -0.3 is 9.47 Å². The van der Waals surface area contributed by atoms with E-state index in [0.29, 0.717) is 15.8 Å². The predicted molar refractivity (Wildman–Crippen MR) is 54.0 cm³/mol. The Bertz CT molecular complexity index is 319. The van der Waals surface area contributed by atoms with E-state index in [9.17, 15) is 4.79 Å². The lowest BCUT2D eigenvalue weighted by Gasteiger charge is -2.07. The van der Waals surface area contributed by atoms with Gasteiger partial charge in [-0.1, -0.05) is 29.3 Å². The molecule has 0 saturated carbocycles. The number of benzene rings is 1. The Kier molecular flexibility index (Phi) is 4.04. The van der Waals surface area contributed by atoms with Crippen molar-refractivity contribution in [2.75, 3.05) is 13.7 Å². The maximum absolute atomic E-state index is 10.8. The SMILES string of the molecule is COC(=O)COc1c(Cl)cccc1Cl. The van der Waals surface area contributed by atoms with Crippen molar-refractivity contribution >= 4 is 29.2 Å². The molecule has 0 saturated heterocycles. The number of hydrogen-bond acceptors (Lipinski definition) is 3. The van der Waals surface area contributed by atoms with E-state index in [1.807, 2.05) is 0 Å². The third-order valence-corrected chi connectivity index (χ3v) is 2.08. The first-order valence-corrected chi connectivity index (χ1v) is 4.54. The van der Waals surface area contributed by atoms with Crippen molar-refractivity contribution < 1.29 is 14.3 Å². The lowest BCUT2D eigenvalue weighted by Crippen LogP contribution is -2.12. The van der Waals surface area contributed by atoms with Gasteiger partial charge in [-0.2, -0.15) is 0 Å². The first kappa shape index (κ1) is 11.1. The highest BCUT2D eigenvalue weighted by atomic mass is 35.5. The molecular formula is C9H8Cl2O3. The van der Waals surface area contributed by atoms with Crippen LogP contribution in [-0.4, -0.2) is 19.7 Å². The summed E-state index contributed by atoms with van der Waals surface area (Å²) in [6.45, 7) is -0.208. The van der Waals surface area contributed by atoms with Gasteiger partial charge in [0, 0.05) is 0 Å². The standard InChI is InChI=1S/C9H8Cl2O3/c1-13-8(12)5-14-9-6(10)3-2-4-7(9)11/h2-4H,5H2,1H3. The van der Waals surface area contributed by atoms with Gasteiger partial charge in [0.05, 0.1) is 17.2 Å². The molecule has 1 aromatic rings. The minimum Gasteiger partial charge on any atom is -0.479 e. The van der Waals surface area contributed by atoms with Gasteiger partial charge in [0.1, 0.15) is 0 Å². The smallest absolute Gasteiger partial charge is 0.343 e. The van der Waals surface area contributed by atoms with E-state index in [0.717, 1.165) is 0 Å². The largest absolute Gasteiger partial charge is 0.479 e. The number of esters is 1. The molecule has 0 radical (unpaired) electrons. The summed E-state index contributed by atoms with van der Waals surface area (Å²) in [7, 11) is 1.28. The van der Waals surface area contributed by atoms with Crippen molar-refractivity contribution in [2.45, 2.75) is 0 Å². The van der Waals surface area contributed by atoms with E-state index in [1.165, 1.54) is 7.11 Å². The molecule has 14 heavy (non-hydrogen) atoms. The van der Waals surface area contributed by atoms with Crippen molar-refractivity contribution in [1.29, 1.82) is 0 Å². The van der Waals surface area contributed by atoms with Crippen LogP contribution in [0, 0.1) is 0 Å². The van der Waals surface area contributed by atoms with Gasteiger partial charge in [-0.3, -0.25) is 0 Å². The first-order valence-electron chi connectivity index (χ1n) is 3.78. The highest BCUT2D eigenvalue weighted by Crippen LogP contribution is 2.32. The van der Waals surface area contributed by atoms with Crippen LogP contribution >= 0.6 is 23.2 Å². The highest BCUT2D eigenvalue weighted by molar-refractivity contribution is 6.37. The Balaban J connectivity index is 2.71. The summed E-state index contributed by atoms with van der Waals surface area (Å²) < 4.78 is 9.48. The minimum absolute atomic E-state index is 0.208. The molecular weight excluding hydrogens is 227 g/mol. The number of methoxy groups -OCH3 is 1. The summed E-state index contributed by atoms with van der Waals surface area (Å²) in [5.41, 5.74) is 0. The molecule has 0 amide bonds. The summed E-state index contributed by atoms with van der Waals surface area (Å²) in [5, 5.41) is 0.725. The fourth-order valence-electron chi connectivity index (χ4n) is 0.810. The normalized spacial score (nSPS) is 9.64.